The zero-order valence-electron chi connectivity index (χ0n) is 13.7. The van der Waals surface area contributed by atoms with Crippen LogP contribution >= 0.6 is 12.2 Å². The van der Waals surface area contributed by atoms with Crippen LogP contribution in [-0.2, 0) is 4.79 Å². The summed E-state index contributed by atoms with van der Waals surface area (Å²) in [6.45, 7) is 11.0. The summed E-state index contributed by atoms with van der Waals surface area (Å²) in [6, 6.07) is 0. The van der Waals surface area contributed by atoms with Crippen LogP contribution in [0.3, 0.4) is 0 Å². The highest BCUT2D eigenvalue weighted by molar-refractivity contribution is 7.80. The van der Waals surface area contributed by atoms with Gasteiger partial charge in [0.05, 0.1) is 16.0 Å². The fourth-order valence-corrected chi connectivity index (χ4v) is 3.34. The summed E-state index contributed by atoms with van der Waals surface area (Å²) < 4.78 is 0. The highest BCUT2D eigenvalue weighted by Crippen LogP contribution is 2.30. The highest BCUT2D eigenvalue weighted by Gasteiger charge is 2.41. The van der Waals surface area contributed by atoms with Gasteiger partial charge in [0.1, 0.15) is 0 Å². The quantitative estimate of drug-likeness (QED) is 0.716. The van der Waals surface area contributed by atoms with E-state index in [0.717, 1.165) is 13.1 Å². The molecule has 0 aromatic rings. The highest BCUT2D eigenvalue weighted by atomic mass is 32.1. The largest absolute Gasteiger partial charge is 0.392 e. The number of carbonyl (C=O) groups is 1. The van der Waals surface area contributed by atoms with Crippen LogP contribution in [0.1, 0.15) is 40.5 Å². The van der Waals surface area contributed by atoms with Crippen LogP contribution in [0.4, 0.5) is 0 Å². The van der Waals surface area contributed by atoms with Crippen molar-refractivity contribution in [3.05, 3.63) is 0 Å². The Labute approximate surface area is 133 Å². The third kappa shape index (κ3) is 4.37. The van der Waals surface area contributed by atoms with Crippen molar-refractivity contribution < 1.29 is 9.90 Å². The minimum absolute atomic E-state index is 0.0582. The molecule has 0 atom stereocenters. The first-order valence-corrected chi connectivity index (χ1v) is 8.11. The van der Waals surface area contributed by atoms with Gasteiger partial charge in [-0.1, -0.05) is 26.1 Å². The molecule has 1 rings (SSSR count). The predicted molar refractivity (Wildman–Crippen MR) is 89.1 cm³/mol. The monoisotopic (exact) mass is 315 g/mol. The number of thiocarbonyl (C=S) groups is 1. The molecule has 5 nitrogen and oxygen atoms in total. The van der Waals surface area contributed by atoms with Gasteiger partial charge in [-0.25, -0.2) is 0 Å². The normalized spacial score (nSPS) is 17.9. The van der Waals surface area contributed by atoms with E-state index in [1.807, 2.05) is 18.7 Å². The van der Waals surface area contributed by atoms with Gasteiger partial charge in [-0.15, -0.1) is 0 Å². The molecule has 0 radical (unpaired) electrons. The van der Waals surface area contributed by atoms with Crippen LogP contribution in [0.25, 0.3) is 0 Å². The van der Waals surface area contributed by atoms with Crippen molar-refractivity contribution in [2.45, 2.75) is 46.1 Å². The molecule has 0 unspecified atom stereocenters. The molecule has 0 bridgehead atoms. The topological polar surface area (TPSA) is 69.8 Å². The van der Waals surface area contributed by atoms with E-state index in [9.17, 15) is 9.90 Å². The lowest BCUT2D eigenvalue weighted by Gasteiger charge is -2.41. The Hall–Kier alpha value is -0.720. The Morgan fingerprint density at radius 3 is 2.00 bits per heavy atom. The minimum atomic E-state index is -0.707. The molecule has 3 N–H and O–H groups in total. The first-order chi connectivity index (χ1) is 9.66. The Morgan fingerprint density at radius 1 is 1.19 bits per heavy atom. The molecule has 6 heteroatoms. The Bertz CT molecular complexity index is 381. The van der Waals surface area contributed by atoms with Crippen molar-refractivity contribution in [1.29, 1.82) is 0 Å². The molecule has 0 aromatic carbocycles. The molecule has 21 heavy (non-hydrogen) atoms. The van der Waals surface area contributed by atoms with Crippen molar-refractivity contribution >= 4 is 23.1 Å². The van der Waals surface area contributed by atoms with Crippen molar-refractivity contribution in [2.75, 3.05) is 32.7 Å². The van der Waals surface area contributed by atoms with Gasteiger partial charge in [0.2, 0.25) is 5.91 Å². The van der Waals surface area contributed by atoms with E-state index < -0.39 is 11.0 Å². The number of nitrogens with two attached hydrogens (primary N) is 1. The number of carbonyl (C=O) groups excluding carboxylic acids is 1. The summed E-state index contributed by atoms with van der Waals surface area (Å²) in [6.07, 6.45) is 1.28. The molecule has 0 spiro atoms. The van der Waals surface area contributed by atoms with Crippen LogP contribution in [0.15, 0.2) is 0 Å². The Morgan fingerprint density at radius 2 is 1.67 bits per heavy atom. The summed E-state index contributed by atoms with van der Waals surface area (Å²) in [7, 11) is 0. The van der Waals surface area contributed by atoms with Crippen LogP contribution in [0.5, 0.6) is 0 Å². The SMILES string of the molecule is CCC(CC)(C(=O)N1CCN(CC(C)(C)O)CC1)C(N)=S. The van der Waals surface area contributed by atoms with Gasteiger partial charge in [-0.2, -0.15) is 0 Å². The first-order valence-electron chi connectivity index (χ1n) is 7.70. The molecule has 0 aromatic heterocycles. The first kappa shape index (κ1) is 18.3. The molecule has 1 saturated heterocycles. The van der Waals surface area contributed by atoms with Crippen LogP contribution in [-0.4, -0.2) is 64.1 Å². The third-order valence-electron chi connectivity index (χ3n) is 4.36. The van der Waals surface area contributed by atoms with Gasteiger partial charge in [-0.05, 0) is 26.7 Å². The average molecular weight is 315 g/mol. The van der Waals surface area contributed by atoms with E-state index >= 15 is 0 Å². The zero-order valence-corrected chi connectivity index (χ0v) is 14.5. The predicted octanol–water partition coefficient (Wildman–Crippen LogP) is 0.994. The van der Waals surface area contributed by atoms with Gasteiger partial charge in [0.15, 0.2) is 0 Å². The molecule has 1 aliphatic rings. The van der Waals surface area contributed by atoms with Gasteiger partial charge in [0.25, 0.3) is 0 Å². The molecule has 1 aliphatic heterocycles. The van der Waals surface area contributed by atoms with Gasteiger partial charge in [0, 0.05) is 32.7 Å². The maximum absolute atomic E-state index is 12.8. The maximum Gasteiger partial charge on any atom is 0.235 e. The number of β-amino-alcohol motifs (C(OH)–C–C–N with tert-alkyl or cyclic N) is 1. The molecule has 1 amide bonds. The molecule has 122 valence electrons. The van der Waals surface area contributed by atoms with Crippen molar-refractivity contribution in [3.8, 4) is 0 Å². The Kier molecular flexibility index (Phi) is 6.13. The number of rotatable bonds is 6. The summed E-state index contributed by atoms with van der Waals surface area (Å²) in [5, 5.41) is 9.87. The summed E-state index contributed by atoms with van der Waals surface area (Å²) >= 11 is 5.15. The molecular formula is C15H29N3O2S. The number of amides is 1. The van der Waals surface area contributed by atoms with E-state index in [2.05, 4.69) is 4.90 Å². The summed E-state index contributed by atoms with van der Waals surface area (Å²) in [5.74, 6) is 0.0582. The van der Waals surface area contributed by atoms with E-state index in [-0.39, 0.29) is 5.91 Å². The fourth-order valence-electron chi connectivity index (χ4n) is 2.97. The van der Waals surface area contributed by atoms with Crippen molar-refractivity contribution in [2.24, 2.45) is 11.1 Å². The third-order valence-corrected chi connectivity index (χ3v) is 4.75. The lowest BCUT2D eigenvalue weighted by Crippen LogP contribution is -2.57. The smallest absolute Gasteiger partial charge is 0.235 e. The molecular weight excluding hydrogens is 286 g/mol. The van der Waals surface area contributed by atoms with Gasteiger partial charge < -0.3 is 15.7 Å². The van der Waals surface area contributed by atoms with Crippen molar-refractivity contribution in [3.63, 3.8) is 0 Å². The Balaban J connectivity index is 2.69. The fraction of sp³-hybridized carbons (Fsp3) is 0.867. The van der Waals surface area contributed by atoms with Crippen LogP contribution in [0, 0.1) is 5.41 Å². The summed E-state index contributed by atoms with van der Waals surface area (Å²) in [4.78, 5) is 17.2. The van der Waals surface area contributed by atoms with Crippen LogP contribution in [0.2, 0.25) is 0 Å². The maximum atomic E-state index is 12.8. The average Bonchev–Trinajstić information content (AvgIpc) is 2.39. The van der Waals surface area contributed by atoms with E-state index in [4.69, 9.17) is 18.0 Å². The molecule has 0 saturated carbocycles. The van der Waals surface area contributed by atoms with Gasteiger partial charge in [-0.3, -0.25) is 9.69 Å². The van der Waals surface area contributed by atoms with E-state index in [1.54, 1.807) is 13.8 Å². The summed E-state index contributed by atoms with van der Waals surface area (Å²) in [5.41, 5.74) is 4.44. The van der Waals surface area contributed by atoms with E-state index in [0.29, 0.717) is 37.5 Å². The number of piperazine rings is 1. The second-order valence-corrected chi connectivity index (χ2v) is 6.97. The number of aliphatic hydroxyl groups is 1. The second kappa shape index (κ2) is 7.03. The second-order valence-electron chi connectivity index (χ2n) is 6.53. The van der Waals surface area contributed by atoms with Gasteiger partial charge >= 0.3 is 0 Å². The number of nitrogens with zero attached hydrogens (tertiary/aromatic N) is 2. The number of hydrogen-bond donors (Lipinski definition) is 2. The molecule has 1 fully saturated rings. The lowest BCUT2D eigenvalue weighted by atomic mass is 9.80. The molecule has 1 heterocycles. The molecule has 0 aliphatic carbocycles. The van der Waals surface area contributed by atoms with Crippen molar-refractivity contribution in [1.82, 2.24) is 9.80 Å². The minimum Gasteiger partial charge on any atom is -0.392 e. The standard InChI is InChI=1S/C15H29N3O2S/c1-5-15(6-2,12(16)21)13(19)18-9-7-17(8-10-18)11-14(3,4)20/h20H,5-11H2,1-4H3,(H2,16,21). The lowest BCUT2D eigenvalue weighted by molar-refractivity contribution is -0.140. The van der Waals surface area contributed by atoms with Crippen LogP contribution < -0.4 is 5.73 Å². The van der Waals surface area contributed by atoms with E-state index in [1.165, 1.54) is 0 Å². The number of hydrogen-bond acceptors (Lipinski definition) is 4. The zero-order chi connectivity index (χ0) is 16.3.